The summed E-state index contributed by atoms with van der Waals surface area (Å²) in [4.78, 5) is 21.0. The van der Waals surface area contributed by atoms with Crippen LogP contribution in [0, 0.1) is 0 Å². The van der Waals surface area contributed by atoms with Gasteiger partial charge in [0, 0.05) is 24.3 Å². The average Bonchev–Trinajstić information content (AvgIpc) is 3.06. The fourth-order valence-electron chi connectivity index (χ4n) is 2.92. The molecular weight excluding hydrogens is 306 g/mol. The average molecular weight is 322 g/mol. The van der Waals surface area contributed by atoms with Crippen LogP contribution in [-0.2, 0) is 4.74 Å². The van der Waals surface area contributed by atoms with E-state index in [1.165, 1.54) is 12.1 Å². The van der Waals surface area contributed by atoms with Crippen LogP contribution in [0.2, 0.25) is 0 Å². The second kappa shape index (κ2) is 5.98. The molecule has 122 valence electrons. The zero-order valence-electron chi connectivity index (χ0n) is 13.0. The van der Waals surface area contributed by atoms with Gasteiger partial charge in [0.15, 0.2) is 0 Å². The van der Waals surface area contributed by atoms with Crippen LogP contribution in [-0.4, -0.2) is 42.2 Å². The number of rotatable bonds is 3. The number of imidazole rings is 1. The molecule has 6 nitrogen and oxygen atoms in total. The molecule has 1 aliphatic heterocycles. The van der Waals surface area contributed by atoms with Crippen LogP contribution in [0.1, 0.15) is 10.4 Å². The highest BCUT2D eigenvalue weighted by molar-refractivity contribution is 5.87. The lowest BCUT2D eigenvalue weighted by molar-refractivity contribution is -0.255. The quantitative estimate of drug-likeness (QED) is 0.789. The van der Waals surface area contributed by atoms with Crippen molar-refractivity contribution in [3.63, 3.8) is 0 Å². The number of aromatic carboxylic acids is 1. The number of fused-ring (bicyclic) bond motifs is 1. The summed E-state index contributed by atoms with van der Waals surface area (Å²) in [6.45, 7) is 3.27. The third kappa shape index (κ3) is 2.72. The summed E-state index contributed by atoms with van der Waals surface area (Å²) >= 11 is 0. The molecule has 3 aromatic rings. The summed E-state index contributed by atoms with van der Waals surface area (Å²) in [6, 6.07) is 12.7. The number of benzene rings is 2. The van der Waals surface area contributed by atoms with Crippen molar-refractivity contribution in [1.29, 1.82) is 0 Å². The number of morpholine rings is 1. The van der Waals surface area contributed by atoms with Crippen molar-refractivity contribution in [3.05, 3.63) is 48.0 Å². The molecule has 0 saturated carbocycles. The molecule has 2 aromatic carbocycles. The second-order valence-electron chi connectivity index (χ2n) is 5.75. The smallest absolute Gasteiger partial charge is 0.138 e. The summed E-state index contributed by atoms with van der Waals surface area (Å²) in [7, 11) is 0. The molecule has 0 bridgehead atoms. The van der Waals surface area contributed by atoms with E-state index in [1.54, 1.807) is 12.1 Å². The Morgan fingerprint density at radius 2 is 1.88 bits per heavy atom. The number of carboxylic acid groups (broad SMARTS) is 1. The Bertz CT molecular complexity index is 880. The molecule has 0 amide bonds. The molecule has 6 heteroatoms. The van der Waals surface area contributed by atoms with E-state index in [0.29, 0.717) is 5.82 Å². The summed E-state index contributed by atoms with van der Waals surface area (Å²) in [5.41, 5.74) is 3.98. The lowest BCUT2D eigenvalue weighted by Gasteiger charge is -2.28. The number of nitrogens with one attached hydrogen (secondary N) is 1. The van der Waals surface area contributed by atoms with Gasteiger partial charge in [-0.05, 0) is 23.8 Å². The Morgan fingerprint density at radius 1 is 1.12 bits per heavy atom. The minimum atomic E-state index is -1.18. The van der Waals surface area contributed by atoms with E-state index >= 15 is 0 Å². The van der Waals surface area contributed by atoms with Gasteiger partial charge >= 0.3 is 0 Å². The highest BCUT2D eigenvalue weighted by Gasteiger charge is 2.13. The van der Waals surface area contributed by atoms with Crippen molar-refractivity contribution in [2.75, 3.05) is 31.2 Å². The second-order valence-corrected chi connectivity index (χ2v) is 5.75. The molecule has 1 fully saturated rings. The Morgan fingerprint density at radius 3 is 2.58 bits per heavy atom. The number of hydrogen-bond acceptors (Lipinski definition) is 5. The van der Waals surface area contributed by atoms with Crippen molar-refractivity contribution in [1.82, 2.24) is 9.97 Å². The first-order chi connectivity index (χ1) is 11.7. The molecule has 1 aliphatic rings. The van der Waals surface area contributed by atoms with Crippen LogP contribution in [0.25, 0.3) is 22.4 Å². The Balaban J connectivity index is 1.66. The predicted octanol–water partition coefficient (Wildman–Crippen LogP) is 1.43. The number of carbonyl (C=O) groups is 1. The normalized spacial score (nSPS) is 14.9. The van der Waals surface area contributed by atoms with Crippen LogP contribution < -0.4 is 10.0 Å². The highest BCUT2D eigenvalue weighted by atomic mass is 16.5. The number of aromatic nitrogens is 2. The van der Waals surface area contributed by atoms with Gasteiger partial charge in [0.2, 0.25) is 0 Å². The molecule has 4 rings (SSSR count). The molecule has 24 heavy (non-hydrogen) atoms. The van der Waals surface area contributed by atoms with E-state index in [4.69, 9.17) is 4.74 Å². The van der Waals surface area contributed by atoms with Gasteiger partial charge in [-0.2, -0.15) is 0 Å². The van der Waals surface area contributed by atoms with Crippen LogP contribution in [0.4, 0.5) is 5.69 Å². The fourth-order valence-corrected chi connectivity index (χ4v) is 2.92. The van der Waals surface area contributed by atoms with Gasteiger partial charge in [0.05, 0.1) is 30.2 Å². The Kier molecular flexibility index (Phi) is 3.66. The van der Waals surface area contributed by atoms with Crippen LogP contribution in [0.3, 0.4) is 0 Å². The summed E-state index contributed by atoms with van der Waals surface area (Å²) in [5, 5.41) is 10.8. The molecule has 1 N–H and O–H groups in total. The number of nitrogens with zero attached hydrogens (tertiary/aromatic N) is 2. The van der Waals surface area contributed by atoms with Gasteiger partial charge in [0.1, 0.15) is 5.82 Å². The zero-order valence-corrected chi connectivity index (χ0v) is 13.0. The number of aromatic amines is 1. The van der Waals surface area contributed by atoms with E-state index < -0.39 is 5.97 Å². The van der Waals surface area contributed by atoms with Gasteiger partial charge in [-0.15, -0.1) is 0 Å². The SMILES string of the molecule is O=C([O-])c1ccc(-c2nc3ccc(N4CCOCC4)cc3[nH]2)cc1. The van der Waals surface area contributed by atoms with Crippen molar-refractivity contribution < 1.29 is 14.6 Å². The standard InChI is InChI=1S/C18H17N3O3/c22-18(23)13-3-1-12(2-4-13)17-19-15-6-5-14(11-16(15)20-17)21-7-9-24-10-8-21/h1-6,11H,7-10H2,(H,19,20)(H,22,23)/p-1. The molecule has 0 spiro atoms. The Hall–Kier alpha value is -2.86. The summed E-state index contributed by atoms with van der Waals surface area (Å²) < 4.78 is 5.39. The number of carbonyl (C=O) groups excluding carboxylic acids is 1. The van der Waals surface area contributed by atoms with Crippen LogP contribution in [0.15, 0.2) is 42.5 Å². The maximum absolute atomic E-state index is 10.8. The lowest BCUT2D eigenvalue weighted by Crippen LogP contribution is -2.36. The lowest BCUT2D eigenvalue weighted by atomic mass is 10.1. The first-order valence-corrected chi connectivity index (χ1v) is 7.85. The van der Waals surface area contributed by atoms with Gasteiger partial charge in [0.25, 0.3) is 0 Å². The predicted molar refractivity (Wildman–Crippen MR) is 88.9 cm³/mol. The van der Waals surface area contributed by atoms with Crippen molar-refractivity contribution in [2.24, 2.45) is 0 Å². The third-order valence-corrected chi connectivity index (χ3v) is 4.24. The minimum absolute atomic E-state index is 0.157. The zero-order chi connectivity index (χ0) is 16.5. The van der Waals surface area contributed by atoms with Crippen LogP contribution in [0.5, 0.6) is 0 Å². The number of hydrogen-bond donors (Lipinski definition) is 1. The topological polar surface area (TPSA) is 81.3 Å². The monoisotopic (exact) mass is 322 g/mol. The minimum Gasteiger partial charge on any atom is -0.545 e. The van der Waals surface area contributed by atoms with Gasteiger partial charge in [-0.25, -0.2) is 4.98 Å². The number of anilines is 1. The van der Waals surface area contributed by atoms with Crippen molar-refractivity contribution in [2.45, 2.75) is 0 Å². The van der Waals surface area contributed by atoms with E-state index in [1.807, 2.05) is 6.07 Å². The van der Waals surface area contributed by atoms with E-state index in [-0.39, 0.29) is 5.56 Å². The molecule has 0 aliphatic carbocycles. The first kappa shape index (κ1) is 14.7. The number of carboxylic acids is 1. The molecule has 0 atom stereocenters. The maximum Gasteiger partial charge on any atom is 0.138 e. The molecular formula is C18H16N3O3-. The summed E-state index contributed by atoms with van der Waals surface area (Å²) in [6.07, 6.45) is 0. The van der Waals surface area contributed by atoms with E-state index in [9.17, 15) is 9.90 Å². The van der Waals surface area contributed by atoms with Gasteiger partial charge in [-0.1, -0.05) is 24.3 Å². The van der Waals surface area contributed by atoms with Gasteiger partial charge < -0.3 is 24.5 Å². The number of H-pyrrole nitrogens is 1. The van der Waals surface area contributed by atoms with Crippen LogP contribution >= 0.6 is 0 Å². The van der Waals surface area contributed by atoms with E-state index in [0.717, 1.165) is 48.6 Å². The first-order valence-electron chi connectivity index (χ1n) is 7.85. The Labute approximate surface area is 138 Å². The number of ether oxygens (including phenoxy) is 1. The van der Waals surface area contributed by atoms with Crippen molar-refractivity contribution in [3.8, 4) is 11.4 Å². The molecule has 1 saturated heterocycles. The molecule has 1 aromatic heterocycles. The van der Waals surface area contributed by atoms with E-state index in [2.05, 4.69) is 27.0 Å². The molecule has 0 radical (unpaired) electrons. The summed E-state index contributed by atoms with van der Waals surface area (Å²) in [5.74, 6) is -0.463. The highest BCUT2D eigenvalue weighted by Crippen LogP contribution is 2.25. The third-order valence-electron chi connectivity index (χ3n) is 4.24. The maximum atomic E-state index is 10.8. The fraction of sp³-hybridized carbons (Fsp3) is 0.222. The van der Waals surface area contributed by atoms with Gasteiger partial charge in [-0.3, -0.25) is 0 Å². The van der Waals surface area contributed by atoms with Crippen molar-refractivity contribution >= 4 is 22.7 Å². The largest absolute Gasteiger partial charge is 0.545 e. The molecule has 2 heterocycles. The molecule has 0 unspecified atom stereocenters.